The number of rotatable bonds is 3. The highest BCUT2D eigenvalue weighted by atomic mass is 32.1. The number of hydrogen-bond acceptors (Lipinski definition) is 6. The van der Waals surface area contributed by atoms with Crippen molar-refractivity contribution in [3.8, 4) is 0 Å². The predicted molar refractivity (Wildman–Crippen MR) is 111 cm³/mol. The Morgan fingerprint density at radius 2 is 2.07 bits per heavy atom. The van der Waals surface area contributed by atoms with E-state index in [1.807, 2.05) is 46.2 Å². The Bertz CT molecular complexity index is 1060. The van der Waals surface area contributed by atoms with Gasteiger partial charge < -0.3 is 10.2 Å². The SMILES string of the molecule is Cc1ccc(C(=O)N2CC[C@]3(CCn4ncnc4[C@H]3NC(=O)c3cccs3)C2)s1. The molecule has 1 N–H and O–H groups in total. The third-order valence-electron chi connectivity index (χ3n) is 5.98. The summed E-state index contributed by atoms with van der Waals surface area (Å²) in [6.45, 7) is 4.07. The molecule has 1 fully saturated rings. The van der Waals surface area contributed by atoms with Crippen LogP contribution in [0.1, 0.15) is 48.9 Å². The molecule has 0 bridgehead atoms. The lowest BCUT2D eigenvalue weighted by Gasteiger charge is -2.40. The molecule has 9 heteroatoms. The van der Waals surface area contributed by atoms with Gasteiger partial charge in [-0.2, -0.15) is 5.10 Å². The number of thiophene rings is 2. The van der Waals surface area contributed by atoms with Crippen molar-refractivity contribution in [1.82, 2.24) is 25.0 Å². The molecule has 2 atom stereocenters. The van der Waals surface area contributed by atoms with Crippen LogP contribution in [-0.2, 0) is 6.54 Å². The van der Waals surface area contributed by atoms with E-state index in [4.69, 9.17) is 0 Å². The van der Waals surface area contributed by atoms with Gasteiger partial charge in [-0.1, -0.05) is 6.07 Å². The lowest BCUT2D eigenvalue weighted by atomic mass is 9.74. The summed E-state index contributed by atoms with van der Waals surface area (Å²) in [4.78, 5) is 34.8. The summed E-state index contributed by atoms with van der Waals surface area (Å²) in [6, 6.07) is 7.32. The average Bonchev–Trinajstić information content (AvgIpc) is 3.51. The van der Waals surface area contributed by atoms with Gasteiger partial charge in [-0.15, -0.1) is 22.7 Å². The fourth-order valence-electron chi connectivity index (χ4n) is 4.46. The summed E-state index contributed by atoms with van der Waals surface area (Å²) >= 11 is 2.95. The fraction of sp³-hybridized carbons (Fsp3) is 0.400. The number of hydrogen-bond donors (Lipinski definition) is 1. The minimum Gasteiger partial charge on any atom is -0.341 e. The smallest absolute Gasteiger partial charge is 0.263 e. The van der Waals surface area contributed by atoms with Gasteiger partial charge in [0.1, 0.15) is 12.2 Å². The van der Waals surface area contributed by atoms with E-state index in [1.165, 1.54) is 22.7 Å². The molecule has 29 heavy (non-hydrogen) atoms. The van der Waals surface area contributed by atoms with Gasteiger partial charge in [0.15, 0.2) is 0 Å². The molecule has 2 aliphatic rings. The van der Waals surface area contributed by atoms with Crippen molar-refractivity contribution in [2.75, 3.05) is 13.1 Å². The quantitative estimate of drug-likeness (QED) is 0.696. The highest BCUT2D eigenvalue weighted by Gasteiger charge is 2.51. The van der Waals surface area contributed by atoms with E-state index >= 15 is 0 Å². The lowest BCUT2D eigenvalue weighted by Crippen LogP contribution is -2.47. The third-order valence-corrected chi connectivity index (χ3v) is 7.84. The van der Waals surface area contributed by atoms with E-state index in [1.54, 1.807) is 6.33 Å². The van der Waals surface area contributed by atoms with Crippen molar-refractivity contribution in [3.63, 3.8) is 0 Å². The Morgan fingerprint density at radius 1 is 1.21 bits per heavy atom. The molecule has 5 rings (SSSR count). The molecule has 1 spiro atoms. The summed E-state index contributed by atoms with van der Waals surface area (Å²) in [6.07, 6.45) is 3.24. The molecule has 0 aromatic carbocycles. The van der Waals surface area contributed by atoms with Gasteiger partial charge in [0.25, 0.3) is 11.8 Å². The van der Waals surface area contributed by atoms with Crippen molar-refractivity contribution in [1.29, 1.82) is 0 Å². The summed E-state index contributed by atoms with van der Waals surface area (Å²) in [5.41, 5.74) is -0.224. The number of fused-ring (bicyclic) bond motifs is 1. The van der Waals surface area contributed by atoms with Crippen molar-refractivity contribution in [3.05, 3.63) is 56.4 Å². The van der Waals surface area contributed by atoms with E-state index in [0.29, 0.717) is 18.0 Å². The van der Waals surface area contributed by atoms with E-state index in [2.05, 4.69) is 15.4 Å². The van der Waals surface area contributed by atoms with E-state index in [9.17, 15) is 9.59 Å². The highest BCUT2D eigenvalue weighted by Crippen LogP contribution is 2.48. The maximum absolute atomic E-state index is 13.0. The molecule has 0 unspecified atom stereocenters. The van der Waals surface area contributed by atoms with Crippen LogP contribution in [0.2, 0.25) is 0 Å². The molecule has 150 valence electrons. The van der Waals surface area contributed by atoms with Crippen LogP contribution < -0.4 is 5.32 Å². The summed E-state index contributed by atoms with van der Waals surface area (Å²) in [5.74, 6) is 0.761. The maximum Gasteiger partial charge on any atom is 0.263 e. The van der Waals surface area contributed by atoms with Crippen LogP contribution >= 0.6 is 22.7 Å². The Hall–Kier alpha value is -2.52. The van der Waals surface area contributed by atoms with Crippen LogP contribution in [-0.4, -0.2) is 44.6 Å². The lowest BCUT2D eigenvalue weighted by molar-refractivity contribution is 0.0706. The summed E-state index contributed by atoms with van der Waals surface area (Å²) < 4.78 is 1.87. The molecule has 3 aromatic heterocycles. The van der Waals surface area contributed by atoms with Crippen molar-refractivity contribution in [2.45, 2.75) is 32.4 Å². The molecule has 2 aliphatic heterocycles. The number of aromatic nitrogens is 3. The zero-order valence-electron chi connectivity index (χ0n) is 16.0. The number of likely N-dealkylation sites (tertiary alicyclic amines) is 1. The van der Waals surface area contributed by atoms with Crippen LogP contribution in [0.4, 0.5) is 0 Å². The zero-order valence-corrected chi connectivity index (χ0v) is 17.6. The first-order valence-corrected chi connectivity index (χ1v) is 11.3. The van der Waals surface area contributed by atoms with Crippen LogP contribution in [0.5, 0.6) is 0 Å². The zero-order chi connectivity index (χ0) is 20.0. The number of nitrogens with one attached hydrogen (secondary N) is 1. The maximum atomic E-state index is 13.0. The Morgan fingerprint density at radius 3 is 2.83 bits per heavy atom. The number of aryl methyl sites for hydroxylation is 2. The second kappa shape index (κ2) is 7.07. The van der Waals surface area contributed by atoms with E-state index < -0.39 is 0 Å². The number of amides is 2. The van der Waals surface area contributed by atoms with E-state index in [-0.39, 0.29) is 23.3 Å². The number of nitrogens with zero attached hydrogens (tertiary/aromatic N) is 4. The van der Waals surface area contributed by atoms with Crippen molar-refractivity contribution < 1.29 is 9.59 Å². The Balaban J connectivity index is 1.43. The Kier molecular flexibility index (Phi) is 4.51. The molecule has 1 saturated heterocycles. The van der Waals surface area contributed by atoms with E-state index in [0.717, 1.165) is 35.0 Å². The van der Waals surface area contributed by atoms with Gasteiger partial charge in [-0.3, -0.25) is 9.59 Å². The predicted octanol–water partition coefficient (Wildman–Crippen LogP) is 3.12. The van der Waals surface area contributed by atoms with Crippen LogP contribution in [0.3, 0.4) is 0 Å². The second-order valence-electron chi connectivity index (χ2n) is 7.72. The van der Waals surface area contributed by atoms with Gasteiger partial charge in [-0.25, -0.2) is 9.67 Å². The Labute approximate surface area is 176 Å². The van der Waals surface area contributed by atoms with Gasteiger partial charge in [-0.05, 0) is 43.3 Å². The third kappa shape index (κ3) is 3.18. The van der Waals surface area contributed by atoms with Gasteiger partial charge >= 0.3 is 0 Å². The normalized spacial score (nSPS) is 23.3. The molecular weight excluding hydrogens is 406 g/mol. The molecule has 0 aliphatic carbocycles. The standard InChI is InChI=1S/C20H21N5O2S2/c1-13-4-5-15(29-13)19(27)24-8-6-20(11-24)7-9-25-17(21-12-22-25)16(20)23-18(26)14-3-2-10-28-14/h2-5,10,12,16H,6-9,11H2,1H3,(H,23,26)/t16-,20+/m1/s1. The average molecular weight is 428 g/mol. The van der Waals surface area contributed by atoms with Crippen LogP contribution in [0.15, 0.2) is 36.0 Å². The summed E-state index contributed by atoms with van der Waals surface area (Å²) in [7, 11) is 0. The first-order valence-electron chi connectivity index (χ1n) is 9.63. The molecule has 0 radical (unpaired) electrons. The number of carbonyl (C=O) groups is 2. The van der Waals surface area contributed by atoms with Gasteiger partial charge in [0.05, 0.1) is 15.8 Å². The first kappa shape index (κ1) is 18.5. The minimum atomic E-state index is -0.267. The molecule has 7 nitrogen and oxygen atoms in total. The summed E-state index contributed by atoms with van der Waals surface area (Å²) in [5, 5.41) is 9.42. The van der Waals surface area contributed by atoms with Crippen molar-refractivity contribution in [2.24, 2.45) is 5.41 Å². The topological polar surface area (TPSA) is 80.1 Å². The minimum absolute atomic E-state index is 0.0790. The molecule has 2 amide bonds. The monoisotopic (exact) mass is 427 g/mol. The largest absolute Gasteiger partial charge is 0.341 e. The van der Waals surface area contributed by atoms with Crippen LogP contribution in [0, 0.1) is 12.3 Å². The first-order chi connectivity index (χ1) is 14.1. The second-order valence-corrected chi connectivity index (χ2v) is 9.96. The molecule has 3 aromatic rings. The molecule has 0 saturated carbocycles. The highest BCUT2D eigenvalue weighted by molar-refractivity contribution is 7.14. The fourth-order valence-corrected chi connectivity index (χ4v) is 5.92. The van der Waals surface area contributed by atoms with Gasteiger partial charge in [0.2, 0.25) is 0 Å². The van der Waals surface area contributed by atoms with Crippen LogP contribution in [0.25, 0.3) is 0 Å². The van der Waals surface area contributed by atoms with Crippen molar-refractivity contribution >= 4 is 34.5 Å². The molecule has 5 heterocycles. The number of carbonyl (C=O) groups excluding carboxylic acids is 2. The van der Waals surface area contributed by atoms with Gasteiger partial charge in [0, 0.05) is 29.9 Å². The molecular formula is C20H21N5O2S2.